The Labute approximate surface area is 183 Å². The zero-order chi connectivity index (χ0) is 21.8. The van der Waals surface area contributed by atoms with E-state index in [-0.39, 0.29) is 5.41 Å². The third kappa shape index (κ3) is 2.20. The van der Waals surface area contributed by atoms with Gasteiger partial charge in [-0.1, -0.05) is 51.1 Å². The zero-order valence-corrected chi connectivity index (χ0v) is 19.5. The lowest BCUT2D eigenvalue weighted by Crippen LogP contribution is -2.29. The lowest BCUT2D eigenvalue weighted by Gasteiger charge is -2.20. The van der Waals surface area contributed by atoms with E-state index < -0.39 is 0 Å². The lowest BCUT2D eigenvalue weighted by atomic mass is 9.84. The first-order valence-corrected chi connectivity index (χ1v) is 11.2. The molecule has 0 saturated carbocycles. The van der Waals surface area contributed by atoms with Crippen LogP contribution in [0.25, 0.3) is 49.0 Å². The SMILES string of the molecule is Cc1cc(C)c2c(c1C)c1c3c(ccc4c5c(C(C)(C)C)cccc5n2c43)cc[n+]1C. The molecular weight excluding hydrogens is 376 g/mol. The predicted molar refractivity (Wildman–Crippen MR) is 133 cm³/mol. The van der Waals surface area contributed by atoms with Crippen molar-refractivity contribution in [2.24, 2.45) is 7.05 Å². The van der Waals surface area contributed by atoms with Crippen LogP contribution in [0.5, 0.6) is 0 Å². The monoisotopic (exact) mass is 405 g/mol. The van der Waals surface area contributed by atoms with Gasteiger partial charge in [0, 0.05) is 16.8 Å². The van der Waals surface area contributed by atoms with Crippen molar-refractivity contribution < 1.29 is 4.57 Å². The van der Waals surface area contributed by atoms with E-state index in [1.54, 1.807) is 0 Å². The minimum Gasteiger partial charge on any atom is -0.307 e. The molecule has 154 valence electrons. The second-order valence-corrected chi connectivity index (χ2v) is 10.3. The van der Waals surface area contributed by atoms with Crippen molar-refractivity contribution in [1.29, 1.82) is 0 Å². The topological polar surface area (TPSA) is 8.29 Å². The number of aromatic nitrogens is 2. The maximum Gasteiger partial charge on any atom is 0.224 e. The van der Waals surface area contributed by atoms with Gasteiger partial charge in [-0.2, -0.15) is 0 Å². The molecule has 0 aliphatic rings. The molecule has 0 spiro atoms. The number of hydrogen-bond acceptors (Lipinski definition) is 0. The van der Waals surface area contributed by atoms with Gasteiger partial charge < -0.3 is 4.40 Å². The highest BCUT2D eigenvalue weighted by molar-refractivity contribution is 6.28. The minimum atomic E-state index is 0.0763. The quantitative estimate of drug-likeness (QED) is 0.146. The van der Waals surface area contributed by atoms with Gasteiger partial charge in [0.2, 0.25) is 5.52 Å². The summed E-state index contributed by atoms with van der Waals surface area (Å²) in [5.74, 6) is 0. The van der Waals surface area contributed by atoms with E-state index in [9.17, 15) is 0 Å². The summed E-state index contributed by atoms with van der Waals surface area (Å²) in [5, 5.41) is 6.83. The van der Waals surface area contributed by atoms with Crippen molar-refractivity contribution in [1.82, 2.24) is 4.40 Å². The van der Waals surface area contributed by atoms with Crippen LogP contribution in [0.15, 0.2) is 48.7 Å². The molecule has 0 aliphatic heterocycles. The standard InChI is InChI=1S/C29H29N2/c1-16-15-17(2)26-23(18(16)3)28-24-19(13-14-30(28)7)11-12-20-25-21(29(4,5)6)9-8-10-22(25)31(26)27(20)24/h8-15H,1-7H3/q+1. The van der Waals surface area contributed by atoms with Crippen LogP contribution in [0.3, 0.4) is 0 Å². The minimum absolute atomic E-state index is 0.0763. The molecule has 3 aromatic heterocycles. The number of rotatable bonds is 0. The Morgan fingerprint density at radius 3 is 2.32 bits per heavy atom. The average molecular weight is 406 g/mol. The van der Waals surface area contributed by atoms with E-state index in [1.807, 2.05) is 0 Å². The molecule has 3 aromatic carbocycles. The van der Waals surface area contributed by atoms with E-state index in [0.717, 1.165) is 0 Å². The first-order chi connectivity index (χ1) is 14.7. The summed E-state index contributed by atoms with van der Waals surface area (Å²) >= 11 is 0. The van der Waals surface area contributed by atoms with Gasteiger partial charge in [-0.3, -0.25) is 0 Å². The van der Waals surface area contributed by atoms with Gasteiger partial charge in [0.1, 0.15) is 7.05 Å². The van der Waals surface area contributed by atoms with Crippen LogP contribution in [-0.2, 0) is 12.5 Å². The van der Waals surface area contributed by atoms with E-state index >= 15 is 0 Å². The smallest absolute Gasteiger partial charge is 0.224 e. The summed E-state index contributed by atoms with van der Waals surface area (Å²) < 4.78 is 4.88. The summed E-state index contributed by atoms with van der Waals surface area (Å²) in [4.78, 5) is 0. The van der Waals surface area contributed by atoms with Crippen LogP contribution in [0.1, 0.15) is 43.0 Å². The van der Waals surface area contributed by atoms with Crippen molar-refractivity contribution in [3.63, 3.8) is 0 Å². The number of hydrogen-bond donors (Lipinski definition) is 0. The van der Waals surface area contributed by atoms with Crippen molar-refractivity contribution in [2.45, 2.75) is 47.0 Å². The second kappa shape index (κ2) is 5.76. The van der Waals surface area contributed by atoms with Crippen molar-refractivity contribution >= 4 is 49.0 Å². The molecule has 0 atom stereocenters. The Hall–Kier alpha value is -3.13. The van der Waals surface area contributed by atoms with Crippen LogP contribution in [0, 0.1) is 20.8 Å². The summed E-state index contributed by atoms with van der Waals surface area (Å²) in [6.45, 7) is 13.8. The second-order valence-electron chi connectivity index (χ2n) is 10.3. The van der Waals surface area contributed by atoms with Crippen molar-refractivity contribution in [3.8, 4) is 0 Å². The first kappa shape index (κ1) is 18.6. The van der Waals surface area contributed by atoms with Crippen LogP contribution < -0.4 is 4.57 Å². The lowest BCUT2D eigenvalue weighted by molar-refractivity contribution is -0.643. The maximum atomic E-state index is 2.56. The fraction of sp³-hybridized carbons (Fsp3) is 0.276. The summed E-state index contributed by atoms with van der Waals surface area (Å²) in [7, 11) is 2.19. The molecule has 0 bridgehead atoms. The summed E-state index contributed by atoms with van der Waals surface area (Å²) in [5.41, 5.74) is 10.9. The molecule has 6 rings (SSSR count). The van der Waals surface area contributed by atoms with Crippen LogP contribution >= 0.6 is 0 Å². The first-order valence-electron chi connectivity index (χ1n) is 11.2. The normalized spacial score (nSPS) is 13.0. The van der Waals surface area contributed by atoms with Gasteiger partial charge in [-0.05, 0) is 59.9 Å². The maximum absolute atomic E-state index is 2.56. The highest BCUT2D eigenvalue weighted by Gasteiger charge is 2.27. The van der Waals surface area contributed by atoms with Gasteiger partial charge >= 0.3 is 0 Å². The third-order valence-electron chi connectivity index (χ3n) is 7.33. The number of nitrogens with zero attached hydrogens (tertiary/aromatic N) is 2. The number of benzene rings is 3. The number of pyridine rings is 2. The molecular formula is C29H29N2+. The number of aryl methyl sites for hydroxylation is 4. The molecule has 0 unspecified atom stereocenters. The molecule has 0 fully saturated rings. The summed E-state index contributed by atoms with van der Waals surface area (Å²) in [6, 6.07) is 16.1. The number of fused-ring (bicyclic) bond motifs is 6. The van der Waals surface area contributed by atoms with Crippen LogP contribution in [0.4, 0.5) is 0 Å². The average Bonchev–Trinajstić information content (AvgIpc) is 3.06. The van der Waals surface area contributed by atoms with Crippen molar-refractivity contribution in [3.05, 3.63) is 70.9 Å². The van der Waals surface area contributed by atoms with Crippen molar-refractivity contribution in [2.75, 3.05) is 0 Å². The third-order valence-corrected chi connectivity index (χ3v) is 7.33. The van der Waals surface area contributed by atoms with Gasteiger partial charge in [-0.25, -0.2) is 4.57 Å². The predicted octanol–water partition coefficient (Wildman–Crippen LogP) is 7.04. The molecule has 3 heterocycles. The zero-order valence-electron chi connectivity index (χ0n) is 19.5. The van der Waals surface area contributed by atoms with E-state index in [4.69, 9.17) is 0 Å². The summed E-state index contributed by atoms with van der Waals surface area (Å²) in [6.07, 6.45) is 2.21. The fourth-order valence-corrected chi connectivity index (χ4v) is 5.81. The molecule has 0 saturated heterocycles. The largest absolute Gasteiger partial charge is 0.307 e. The van der Waals surface area contributed by atoms with Gasteiger partial charge in [0.25, 0.3) is 0 Å². The van der Waals surface area contributed by atoms with Crippen LogP contribution in [0.2, 0.25) is 0 Å². The van der Waals surface area contributed by atoms with Gasteiger partial charge in [0.05, 0.1) is 27.3 Å². The fourth-order valence-electron chi connectivity index (χ4n) is 5.81. The molecule has 0 aliphatic carbocycles. The van der Waals surface area contributed by atoms with Gasteiger partial charge in [0.15, 0.2) is 6.20 Å². The highest BCUT2D eigenvalue weighted by atomic mass is 15.0. The molecule has 2 nitrogen and oxygen atoms in total. The molecule has 0 N–H and O–H groups in total. The highest BCUT2D eigenvalue weighted by Crippen LogP contribution is 2.44. The Morgan fingerprint density at radius 2 is 1.58 bits per heavy atom. The molecule has 6 aromatic rings. The van der Waals surface area contributed by atoms with E-state index in [1.165, 1.54) is 71.3 Å². The Kier molecular flexibility index (Phi) is 3.46. The van der Waals surface area contributed by atoms with E-state index in [0.29, 0.717) is 0 Å². The van der Waals surface area contributed by atoms with Crippen LogP contribution in [-0.4, -0.2) is 4.40 Å². The van der Waals surface area contributed by atoms with Gasteiger partial charge in [-0.15, -0.1) is 0 Å². The molecule has 0 radical (unpaired) electrons. The molecule has 0 amide bonds. The molecule has 31 heavy (non-hydrogen) atoms. The molecule has 2 heteroatoms. The Balaban J connectivity index is 2.11. The Morgan fingerprint density at radius 1 is 0.806 bits per heavy atom. The van der Waals surface area contributed by atoms with E-state index in [2.05, 4.69) is 106 Å². The Bertz CT molecular complexity index is 1690.